The number of hydrogen-bond acceptors (Lipinski definition) is 9. The van der Waals surface area contributed by atoms with Crippen molar-refractivity contribution < 1.29 is 4.74 Å². The van der Waals surface area contributed by atoms with Gasteiger partial charge in [0.05, 0.1) is 12.3 Å². The highest BCUT2D eigenvalue weighted by Gasteiger charge is 2.31. The Kier molecular flexibility index (Phi) is 6.23. The van der Waals surface area contributed by atoms with Gasteiger partial charge in [-0.2, -0.15) is 10.5 Å². The van der Waals surface area contributed by atoms with Crippen molar-refractivity contribution in [2.75, 3.05) is 23.4 Å². The lowest BCUT2D eigenvalue weighted by Crippen LogP contribution is -2.33. The highest BCUT2D eigenvalue weighted by molar-refractivity contribution is 5.98. The lowest BCUT2D eigenvalue weighted by Gasteiger charge is -2.27. The molecule has 6 N–H and O–H groups in total. The number of anilines is 3. The number of nitrogens with one attached hydrogen (secondary N) is 2. The first-order valence-electron chi connectivity index (χ1n) is 9.72. The first-order valence-corrected chi connectivity index (χ1v) is 9.72. The molecule has 0 fully saturated rings. The van der Waals surface area contributed by atoms with Crippen LogP contribution in [-0.2, 0) is 0 Å². The Morgan fingerprint density at radius 3 is 2.77 bits per heavy atom. The third kappa shape index (κ3) is 4.06. The van der Waals surface area contributed by atoms with E-state index in [4.69, 9.17) is 21.5 Å². The van der Waals surface area contributed by atoms with Crippen LogP contribution in [0, 0.1) is 29.7 Å². The number of benzene rings is 1. The number of pyridine rings is 1. The Bertz CT molecular complexity index is 1060. The number of nitrogens with two attached hydrogens (primary N) is 2. The molecule has 1 aromatic carbocycles. The molecule has 0 spiro atoms. The fourth-order valence-electron chi connectivity index (χ4n) is 3.35. The number of nitriles is 2. The van der Waals surface area contributed by atoms with Gasteiger partial charge in [0.25, 0.3) is 0 Å². The highest BCUT2D eigenvalue weighted by atomic mass is 16.5. The molecule has 0 saturated carbocycles. The van der Waals surface area contributed by atoms with Crippen molar-refractivity contribution in [1.82, 2.24) is 10.3 Å². The van der Waals surface area contributed by atoms with Gasteiger partial charge in [-0.05, 0) is 25.5 Å². The molecule has 1 unspecified atom stereocenters. The van der Waals surface area contributed by atoms with E-state index >= 15 is 0 Å². The summed E-state index contributed by atoms with van der Waals surface area (Å²) in [6.45, 7) is 4.68. The maximum atomic E-state index is 9.47. The Hall–Kier alpha value is -3.98. The molecule has 1 aromatic heterocycles. The topological polar surface area (TPSA) is 158 Å². The van der Waals surface area contributed by atoms with Crippen molar-refractivity contribution in [3.05, 3.63) is 40.5 Å². The Balaban J connectivity index is 2.14. The lowest BCUT2D eigenvalue weighted by molar-refractivity contribution is 0.302. The molecule has 9 nitrogen and oxygen atoms in total. The predicted octanol–water partition coefficient (Wildman–Crippen LogP) is 2.94. The number of fused-ring (bicyclic) bond motifs is 1. The fraction of sp³-hybridized carbons (Fsp3) is 0.333. The summed E-state index contributed by atoms with van der Waals surface area (Å²) >= 11 is 0. The molecule has 154 valence electrons. The van der Waals surface area contributed by atoms with Crippen molar-refractivity contribution in [1.29, 1.82) is 10.5 Å². The minimum absolute atomic E-state index is 0.0125. The zero-order valence-electron chi connectivity index (χ0n) is 17.0. The summed E-state index contributed by atoms with van der Waals surface area (Å²) in [5, 5.41) is 24.0. The molecular formula is C21H24N8O. The lowest BCUT2D eigenvalue weighted by atomic mass is 9.93. The van der Waals surface area contributed by atoms with E-state index in [0.29, 0.717) is 23.7 Å². The van der Waals surface area contributed by atoms with Crippen LogP contribution in [0.25, 0.3) is 0 Å². The van der Waals surface area contributed by atoms with E-state index in [1.807, 2.05) is 37.4 Å². The summed E-state index contributed by atoms with van der Waals surface area (Å²) in [6.07, 6.45) is 4.96. The van der Waals surface area contributed by atoms with Crippen LogP contribution >= 0.6 is 0 Å². The summed E-state index contributed by atoms with van der Waals surface area (Å²) in [7, 11) is 0. The Labute approximate surface area is 175 Å². The fourth-order valence-corrected chi connectivity index (χ4v) is 3.35. The molecule has 3 rings (SSSR count). The molecule has 2 aromatic rings. The van der Waals surface area contributed by atoms with Crippen molar-refractivity contribution in [3.8, 4) is 18.0 Å². The number of aromatic nitrogens is 1. The van der Waals surface area contributed by atoms with E-state index in [1.165, 1.54) is 0 Å². The quantitative estimate of drug-likeness (QED) is 0.325. The molecule has 0 amide bonds. The number of aliphatic imine (C=N–C) groups is 1. The number of nitrogens with zero attached hydrogens (tertiary/aromatic N) is 4. The van der Waals surface area contributed by atoms with Crippen molar-refractivity contribution >= 4 is 23.3 Å². The maximum Gasteiger partial charge on any atom is 0.211 e. The van der Waals surface area contributed by atoms with Gasteiger partial charge < -0.3 is 21.5 Å². The van der Waals surface area contributed by atoms with Gasteiger partial charge in [-0.1, -0.05) is 31.4 Å². The third-order valence-electron chi connectivity index (χ3n) is 4.82. The average Bonchev–Trinajstić information content (AvgIpc) is 2.72. The van der Waals surface area contributed by atoms with E-state index in [-0.39, 0.29) is 23.0 Å². The monoisotopic (exact) mass is 404 g/mol. The molecule has 0 aliphatic carbocycles. The normalized spacial score (nSPS) is 14.5. The second-order valence-corrected chi connectivity index (χ2v) is 7.00. The first-order chi connectivity index (χ1) is 14.5. The molecule has 1 aliphatic rings. The van der Waals surface area contributed by atoms with E-state index in [1.54, 1.807) is 0 Å². The van der Waals surface area contributed by atoms with Gasteiger partial charge in [0, 0.05) is 11.1 Å². The van der Waals surface area contributed by atoms with Crippen LogP contribution in [0.1, 0.15) is 54.5 Å². The average molecular weight is 404 g/mol. The third-order valence-corrected chi connectivity index (χ3v) is 4.82. The van der Waals surface area contributed by atoms with Gasteiger partial charge in [-0.3, -0.25) is 5.32 Å². The van der Waals surface area contributed by atoms with Crippen molar-refractivity contribution in [2.45, 2.75) is 39.2 Å². The molecular weight excluding hydrogens is 380 g/mol. The first kappa shape index (κ1) is 20.7. The minimum atomic E-state index is -0.627. The van der Waals surface area contributed by atoms with Crippen LogP contribution in [-0.4, -0.2) is 17.6 Å². The molecule has 30 heavy (non-hydrogen) atoms. The van der Waals surface area contributed by atoms with Gasteiger partial charge >= 0.3 is 0 Å². The van der Waals surface area contributed by atoms with Crippen LogP contribution in [0.5, 0.6) is 5.75 Å². The molecule has 9 heteroatoms. The van der Waals surface area contributed by atoms with Crippen LogP contribution in [0.15, 0.2) is 23.2 Å². The van der Waals surface area contributed by atoms with Gasteiger partial charge in [0.1, 0.15) is 35.1 Å². The Morgan fingerprint density at radius 2 is 2.07 bits per heavy atom. The molecule has 1 aliphatic heterocycles. The minimum Gasteiger partial charge on any atom is -0.493 e. The van der Waals surface area contributed by atoms with E-state index in [0.717, 1.165) is 30.4 Å². The van der Waals surface area contributed by atoms with Crippen LogP contribution < -0.4 is 26.8 Å². The number of hydrogen-bond donors (Lipinski definition) is 4. The second-order valence-electron chi connectivity index (χ2n) is 7.00. The molecule has 2 heterocycles. The summed E-state index contributed by atoms with van der Waals surface area (Å²) in [6, 6.07) is 7.21. The van der Waals surface area contributed by atoms with Gasteiger partial charge in [0.2, 0.25) is 5.96 Å². The van der Waals surface area contributed by atoms with Crippen LogP contribution in [0.3, 0.4) is 0 Å². The smallest absolute Gasteiger partial charge is 0.211 e. The van der Waals surface area contributed by atoms with Crippen LogP contribution in [0.4, 0.5) is 17.3 Å². The Morgan fingerprint density at radius 1 is 1.27 bits per heavy atom. The van der Waals surface area contributed by atoms with Crippen molar-refractivity contribution in [2.24, 2.45) is 4.99 Å². The summed E-state index contributed by atoms with van der Waals surface area (Å²) in [5.41, 5.74) is 14.8. The summed E-state index contributed by atoms with van der Waals surface area (Å²) < 4.78 is 6.05. The molecule has 0 bridgehead atoms. The zero-order valence-corrected chi connectivity index (χ0v) is 17.0. The highest BCUT2D eigenvalue weighted by Crippen LogP contribution is 2.43. The predicted molar refractivity (Wildman–Crippen MR) is 116 cm³/mol. The van der Waals surface area contributed by atoms with Gasteiger partial charge in [0.15, 0.2) is 6.19 Å². The van der Waals surface area contributed by atoms with E-state index < -0.39 is 6.04 Å². The standard InChI is InChI=1S/C21H24N8O/c1-3-4-5-8-30-15-7-6-12(2)9-13(15)18-16-17(24)14(10-22)19(25)28-20(16)29-21(27-18)26-11-23/h6-7,9,18H,3-5,8H2,1-2H3,(H6,24,25,26,27,28,29). The van der Waals surface area contributed by atoms with Gasteiger partial charge in [-0.25, -0.2) is 9.98 Å². The molecule has 0 saturated heterocycles. The van der Waals surface area contributed by atoms with E-state index in [9.17, 15) is 5.26 Å². The summed E-state index contributed by atoms with van der Waals surface area (Å²) in [4.78, 5) is 8.90. The number of aryl methyl sites for hydroxylation is 1. The maximum absolute atomic E-state index is 9.47. The number of unbranched alkanes of at least 4 members (excludes halogenated alkanes) is 2. The summed E-state index contributed by atoms with van der Waals surface area (Å²) in [5.74, 6) is 1.24. The number of guanidine groups is 1. The molecule has 1 atom stereocenters. The van der Waals surface area contributed by atoms with E-state index in [2.05, 4.69) is 27.5 Å². The second kappa shape index (κ2) is 9.01. The largest absolute Gasteiger partial charge is 0.493 e. The molecule has 0 radical (unpaired) electrons. The zero-order chi connectivity index (χ0) is 21.7. The van der Waals surface area contributed by atoms with Crippen molar-refractivity contribution in [3.63, 3.8) is 0 Å². The number of nitrogen functional groups attached to an aromatic ring is 2. The SMILES string of the molecule is CCCCCOc1ccc(C)cc1C1N=C(NC#N)Nc2nc(N)c(C#N)c(N)c21. The van der Waals surface area contributed by atoms with Crippen LogP contribution in [0.2, 0.25) is 0 Å². The van der Waals surface area contributed by atoms with Gasteiger partial charge in [-0.15, -0.1) is 0 Å². The number of rotatable bonds is 6. The number of ether oxygens (including phenoxy) is 1.